The van der Waals surface area contributed by atoms with Gasteiger partial charge in [0.1, 0.15) is 23.6 Å². The fourth-order valence-corrected chi connectivity index (χ4v) is 2.36. The fourth-order valence-electron chi connectivity index (χ4n) is 2.23. The van der Waals surface area contributed by atoms with E-state index in [4.69, 9.17) is 16.0 Å². The summed E-state index contributed by atoms with van der Waals surface area (Å²) >= 11 is 5.85. The summed E-state index contributed by atoms with van der Waals surface area (Å²) in [4.78, 5) is 20.3. The lowest BCUT2D eigenvalue weighted by atomic mass is 10.1. The number of hydrogen-bond donors (Lipinski definition) is 2. The molecule has 25 heavy (non-hydrogen) atoms. The van der Waals surface area contributed by atoms with E-state index in [2.05, 4.69) is 20.6 Å². The van der Waals surface area contributed by atoms with Crippen LogP contribution in [0.25, 0.3) is 0 Å². The SMILES string of the molecule is O=C(NCCc1ccc(Cl)cc1)c1cc(NCc2ccco2)ncn1. The van der Waals surface area contributed by atoms with Crippen LogP contribution in [0.4, 0.5) is 5.82 Å². The van der Waals surface area contributed by atoms with E-state index in [1.165, 1.54) is 6.33 Å². The van der Waals surface area contributed by atoms with Gasteiger partial charge in [0.25, 0.3) is 5.91 Å². The lowest BCUT2D eigenvalue weighted by Gasteiger charge is -2.07. The Morgan fingerprint density at radius 3 is 2.76 bits per heavy atom. The van der Waals surface area contributed by atoms with E-state index >= 15 is 0 Å². The van der Waals surface area contributed by atoms with Crippen LogP contribution in [0, 0.1) is 0 Å². The van der Waals surface area contributed by atoms with Crippen LogP contribution in [0.2, 0.25) is 5.02 Å². The molecule has 7 heteroatoms. The van der Waals surface area contributed by atoms with Gasteiger partial charge in [-0.3, -0.25) is 4.79 Å². The molecule has 2 aromatic heterocycles. The largest absolute Gasteiger partial charge is 0.467 e. The highest BCUT2D eigenvalue weighted by Gasteiger charge is 2.08. The molecule has 128 valence electrons. The van der Waals surface area contributed by atoms with Gasteiger partial charge in [-0.05, 0) is 36.2 Å². The molecule has 1 aromatic carbocycles. The van der Waals surface area contributed by atoms with E-state index in [1.54, 1.807) is 12.3 Å². The molecule has 0 spiro atoms. The lowest BCUT2D eigenvalue weighted by molar-refractivity contribution is 0.0949. The van der Waals surface area contributed by atoms with E-state index in [0.717, 1.165) is 17.7 Å². The molecule has 0 atom stereocenters. The Morgan fingerprint density at radius 2 is 2.00 bits per heavy atom. The second-order valence-corrected chi connectivity index (χ2v) is 5.79. The minimum absolute atomic E-state index is 0.239. The van der Waals surface area contributed by atoms with Gasteiger partial charge in [-0.1, -0.05) is 23.7 Å². The molecular weight excluding hydrogens is 340 g/mol. The van der Waals surface area contributed by atoms with Crippen molar-refractivity contribution in [3.63, 3.8) is 0 Å². The summed E-state index contributed by atoms with van der Waals surface area (Å²) in [6, 6.07) is 12.8. The van der Waals surface area contributed by atoms with Crippen molar-refractivity contribution in [1.29, 1.82) is 0 Å². The zero-order valence-corrected chi connectivity index (χ0v) is 14.2. The first-order valence-corrected chi connectivity index (χ1v) is 8.19. The number of furan rings is 1. The Kier molecular flexibility index (Phi) is 5.64. The maximum absolute atomic E-state index is 12.2. The summed E-state index contributed by atoms with van der Waals surface area (Å²) in [5.41, 5.74) is 1.42. The number of hydrogen-bond acceptors (Lipinski definition) is 5. The third-order valence-electron chi connectivity index (χ3n) is 3.54. The maximum atomic E-state index is 12.2. The minimum atomic E-state index is -0.239. The number of benzene rings is 1. The third kappa shape index (κ3) is 5.06. The Balaban J connectivity index is 1.51. The van der Waals surface area contributed by atoms with Crippen LogP contribution in [-0.2, 0) is 13.0 Å². The van der Waals surface area contributed by atoms with Crippen LogP contribution in [-0.4, -0.2) is 22.4 Å². The number of nitrogens with one attached hydrogen (secondary N) is 2. The van der Waals surface area contributed by atoms with E-state index < -0.39 is 0 Å². The third-order valence-corrected chi connectivity index (χ3v) is 3.79. The van der Waals surface area contributed by atoms with Gasteiger partial charge >= 0.3 is 0 Å². The second kappa shape index (κ2) is 8.30. The molecule has 0 fully saturated rings. The monoisotopic (exact) mass is 356 g/mol. The Bertz CT molecular complexity index is 819. The van der Waals surface area contributed by atoms with Crippen LogP contribution in [0.3, 0.4) is 0 Å². The van der Waals surface area contributed by atoms with Crippen molar-refractivity contribution in [3.8, 4) is 0 Å². The van der Waals surface area contributed by atoms with Gasteiger partial charge in [-0.25, -0.2) is 9.97 Å². The molecule has 0 aliphatic rings. The van der Waals surface area contributed by atoms with Gasteiger partial charge in [0.2, 0.25) is 0 Å². The van der Waals surface area contributed by atoms with Crippen molar-refractivity contribution in [1.82, 2.24) is 15.3 Å². The average Bonchev–Trinajstić information content (AvgIpc) is 3.15. The number of anilines is 1. The van der Waals surface area contributed by atoms with Gasteiger partial charge in [0.15, 0.2) is 0 Å². The van der Waals surface area contributed by atoms with Crippen LogP contribution < -0.4 is 10.6 Å². The van der Waals surface area contributed by atoms with E-state index in [-0.39, 0.29) is 5.91 Å². The number of halogens is 1. The normalized spacial score (nSPS) is 10.4. The summed E-state index contributed by atoms with van der Waals surface area (Å²) in [5.74, 6) is 1.11. The van der Waals surface area contributed by atoms with Crippen molar-refractivity contribution in [2.24, 2.45) is 0 Å². The molecule has 0 bridgehead atoms. The van der Waals surface area contributed by atoms with Crippen molar-refractivity contribution < 1.29 is 9.21 Å². The van der Waals surface area contributed by atoms with E-state index in [1.807, 2.05) is 36.4 Å². The molecule has 0 unspecified atom stereocenters. The van der Waals surface area contributed by atoms with Crippen molar-refractivity contribution >= 4 is 23.3 Å². The first kappa shape index (κ1) is 17.0. The Hall–Kier alpha value is -2.86. The predicted octanol–water partition coefficient (Wildman–Crippen LogP) is 3.31. The van der Waals surface area contributed by atoms with Gasteiger partial charge < -0.3 is 15.1 Å². The molecule has 2 heterocycles. The van der Waals surface area contributed by atoms with E-state index in [0.29, 0.717) is 29.6 Å². The van der Waals surface area contributed by atoms with Gasteiger partial charge in [-0.15, -0.1) is 0 Å². The van der Waals surface area contributed by atoms with Crippen LogP contribution in [0.1, 0.15) is 21.8 Å². The highest BCUT2D eigenvalue weighted by Crippen LogP contribution is 2.10. The number of amides is 1. The highest BCUT2D eigenvalue weighted by molar-refractivity contribution is 6.30. The summed E-state index contributed by atoms with van der Waals surface area (Å²) in [5, 5.41) is 6.64. The molecule has 2 N–H and O–H groups in total. The zero-order chi connectivity index (χ0) is 17.5. The minimum Gasteiger partial charge on any atom is -0.467 e. The number of rotatable bonds is 7. The van der Waals surface area contributed by atoms with Gasteiger partial charge in [0, 0.05) is 17.6 Å². The zero-order valence-electron chi connectivity index (χ0n) is 13.4. The van der Waals surface area contributed by atoms with E-state index in [9.17, 15) is 4.79 Å². The average molecular weight is 357 g/mol. The molecule has 1 amide bonds. The first-order chi connectivity index (χ1) is 12.2. The van der Waals surface area contributed by atoms with Crippen LogP contribution >= 0.6 is 11.6 Å². The lowest BCUT2D eigenvalue weighted by Crippen LogP contribution is -2.26. The predicted molar refractivity (Wildman–Crippen MR) is 95.6 cm³/mol. The summed E-state index contributed by atoms with van der Waals surface area (Å²) < 4.78 is 5.24. The van der Waals surface area contributed by atoms with Crippen LogP contribution in [0.5, 0.6) is 0 Å². The highest BCUT2D eigenvalue weighted by atomic mass is 35.5. The number of aromatic nitrogens is 2. The van der Waals surface area contributed by atoms with Crippen molar-refractivity contribution in [2.75, 3.05) is 11.9 Å². The first-order valence-electron chi connectivity index (χ1n) is 7.81. The summed E-state index contributed by atoms with van der Waals surface area (Å²) in [7, 11) is 0. The fraction of sp³-hybridized carbons (Fsp3) is 0.167. The number of carbonyl (C=O) groups excluding carboxylic acids is 1. The van der Waals surface area contributed by atoms with Gasteiger partial charge in [-0.2, -0.15) is 0 Å². The Labute approximate surface area is 150 Å². The molecule has 0 saturated heterocycles. The summed E-state index contributed by atoms with van der Waals surface area (Å²) in [6.07, 6.45) is 3.69. The number of carbonyl (C=O) groups is 1. The molecule has 3 rings (SSSR count). The molecule has 0 radical (unpaired) electrons. The smallest absolute Gasteiger partial charge is 0.270 e. The van der Waals surface area contributed by atoms with Crippen molar-refractivity contribution in [3.05, 3.63) is 77.1 Å². The number of nitrogens with zero attached hydrogens (tertiary/aromatic N) is 2. The molecule has 0 aliphatic heterocycles. The molecular formula is C18H17ClN4O2. The Morgan fingerprint density at radius 1 is 1.16 bits per heavy atom. The maximum Gasteiger partial charge on any atom is 0.270 e. The van der Waals surface area contributed by atoms with Crippen molar-refractivity contribution in [2.45, 2.75) is 13.0 Å². The molecule has 6 nitrogen and oxygen atoms in total. The molecule has 3 aromatic rings. The quantitative estimate of drug-likeness (QED) is 0.679. The van der Waals surface area contributed by atoms with Crippen LogP contribution in [0.15, 0.2) is 59.5 Å². The topological polar surface area (TPSA) is 80.0 Å². The second-order valence-electron chi connectivity index (χ2n) is 5.35. The van der Waals surface area contributed by atoms with Gasteiger partial charge in [0.05, 0.1) is 12.8 Å². The molecule has 0 saturated carbocycles. The molecule has 0 aliphatic carbocycles. The standard InChI is InChI=1S/C18H17ClN4O2/c19-14-5-3-13(4-6-14)7-8-20-18(24)16-10-17(23-12-22-16)21-11-15-2-1-9-25-15/h1-6,9-10,12H,7-8,11H2,(H,20,24)(H,21,22,23). The summed E-state index contributed by atoms with van der Waals surface area (Å²) in [6.45, 7) is 1.00.